The van der Waals surface area contributed by atoms with Gasteiger partial charge in [0.2, 0.25) is 0 Å². The van der Waals surface area contributed by atoms with Gasteiger partial charge in [-0.2, -0.15) is 19.3 Å². The van der Waals surface area contributed by atoms with Gasteiger partial charge >= 0.3 is 23.1 Å². The molecule has 0 heterocycles. The predicted molar refractivity (Wildman–Crippen MR) is 39.9 cm³/mol. The molecule has 0 aliphatic carbocycles. The third-order valence-electron chi connectivity index (χ3n) is 1.50. The second kappa shape index (κ2) is 12.2. The minimum Gasteiger partial charge on any atom is -1.00 e. The third-order valence-corrected chi connectivity index (χ3v) is 1.50. The van der Waals surface area contributed by atoms with Gasteiger partial charge in [0.25, 0.3) is 0 Å². The quantitative estimate of drug-likeness (QED) is 0.357. The second-order valence-corrected chi connectivity index (χ2v) is 1.81. The van der Waals surface area contributed by atoms with E-state index in [2.05, 4.69) is 20.8 Å². The predicted octanol–water partition coefficient (Wildman–Crippen LogP) is -0.586. The smallest absolute Gasteiger partial charge is 1.00 e. The van der Waals surface area contributed by atoms with E-state index in [1.807, 2.05) is 0 Å². The minimum absolute atomic E-state index is 0. The summed E-state index contributed by atoms with van der Waals surface area (Å²) in [7, 11) is 0. The molecule has 0 radical (unpaired) electrons. The molecule has 0 saturated carbocycles. The molecule has 0 aromatic rings. The summed E-state index contributed by atoms with van der Waals surface area (Å²) in [5.74, 6) is 1.68. The van der Waals surface area contributed by atoms with E-state index in [-0.39, 0.29) is 47.0 Å². The van der Waals surface area contributed by atoms with Gasteiger partial charge in [-0.1, -0.05) is 20.8 Å². The van der Waals surface area contributed by atoms with Crippen LogP contribution in [-0.4, -0.2) is 23.1 Å². The Morgan fingerprint density at radius 3 is 1.11 bits per heavy atom. The van der Waals surface area contributed by atoms with E-state index in [0.29, 0.717) is 0 Å². The minimum atomic E-state index is 0. The van der Waals surface area contributed by atoms with Gasteiger partial charge < -0.3 is 29.9 Å². The molecule has 0 aromatic carbocycles. The van der Waals surface area contributed by atoms with E-state index in [1.165, 1.54) is 19.3 Å². The molecule has 0 atom stereocenters. The van der Waals surface area contributed by atoms with Crippen molar-refractivity contribution in [3.05, 3.63) is 5.92 Å². The average Bonchev–Trinajstić information content (AvgIpc) is 1.72. The van der Waals surface area contributed by atoms with Crippen LogP contribution in [0.5, 0.6) is 0 Å². The van der Waals surface area contributed by atoms with Gasteiger partial charge in [0.1, 0.15) is 0 Å². The first-order valence-electron chi connectivity index (χ1n) is 3.18. The Morgan fingerprint density at radius 1 is 0.889 bits per heavy atom. The summed E-state index contributed by atoms with van der Waals surface area (Å²) in [6, 6.07) is 0. The van der Waals surface area contributed by atoms with Crippen LogP contribution in [0, 0.1) is 5.92 Å². The largest absolute Gasteiger partial charge is 2.00 e. The van der Waals surface area contributed by atoms with Crippen molar-refractivity contribution in [2.75, 3.05) is 0 Å². The fourth-order valence-corrected chi connectivity index (χ4v) is 0.750. The van der Waals surface area contributed by atoms with Gasteiger partial charge in [-0.15, -0.1) is 0 Å². The van der Waals surface area contributed by atoms with Gasteiger partial charge in [0.15, 0.2) is 0 Å². The first kappa shape index (κ1) is 16.8. The van der Waals surface area contributed by atoms with Crippen LogP contribution in [0.3, 0.4) is 0 Å². The molecule has 0 fully saturated rings. The average molecular weight is 250 g/mol. The summed E-state index contributed by atoms with van der Waals surface area (Å²) in [5.41, 5.74) is 0. The van der Waals surface area contributed by atoms with Crippen molar-refractivity contribution in [3.8, 4) is 0 Å². The van der Waals surface area contributed by atoms with E-state index in [9.17, 15) is 0 Å². The van der Waals surface area contributed by atoms with Gasteiger partial charge in [-0.25, -0.2) is 0 Å². The standard InChI is InChI=1S/C7H15.HI.Mg/c1-4-7(5-2)6-3;;/h4-6H2,1-3H3;1H;/q-1;;+2/p-1. The first-order chi connectivity index (χ1) is 3.35. The topological polar surface area (TPSA) is 0 Å². The van der Waals surface area contributed by atoms with Crippen LogP contribution in [0.25, 0.3) is 0 Å². The molecule has 0 rings (SSSR count). The summed E-state index contributed by atoms with van der Waals surface area (Å²) < 4.78 is 0. The molecule has 0 bridgehead atoms. The Morgan fingerprint density at radius 2 is 1.11 bits per heavy atom. The molecule has 0 unspecified atom stereocenters. The maximum absolute atomic E-state index is 2.22. The van der Waals surface area contributed by atoms with E-state index >= 15 is 0 Å². The van der Waals surface area contributed by atoms with Crippen LogP contribution >= 0.6 is 0 Å². The van der Waals surface area contributed by atoms with Crippen LogP contribution < -0.4 is 24.0 Å². The molecule has 0 amide bonds. The summed E-state index contributed by atoms with van der Waals surface area (Å²) in [6.07, 6.45) is 3.81. The molecule has 0 aliphatic heterocycles. The van der Waals surface area contributed by atoms with Gasteiger partial charge in [-0.3, -0.25) is 0 Å². The molecular formula is C7H15IMg. The molecule has 0 saturated heterocycles. The van der Waals surface area contributed by atoms with Gasteiger partial charge in [0, 0.05) is 0 Å². The van der Waals surface area contributed by atoms with Crippen molar-refractivity contribution in [2.45, 2.75) is 40.0 Å². The molecule has 0 aliphatic rings. The van der Waals surface area contributed by atoms with E-state index in [1.54, 1.807) is 5.92 Å². The molecular weight excluding hydrogens is 235 g/mol. The fraction of sp³-hybridized carbons (Fsp3) is 0.857. The van der Waals surface area contributed by atoms with Gasteiger partial charge in [0.05, 0.1) is 0 Å². The fourth-order valence-electron chi connectivity index (χ4n) is 0.750. The number of rotatable bonds is 3. The molecule has 0 nitrogen and oxygen atoms in total. The molecule has 52 valence electrons. The Balaban J connectivity index is -0.000000180. The van der Waals surface area contributed by atoms with Crippen LogP contribution in [-0.2, 0) is 0 Å². The van der Waals surface area contributed by atoms with Crippen LogP contribution in [0.2, 0.25) is 0 Å². The third kappa shape index (κ3) is 9.50. The van der Waals surface area contributed by atoms with Crippen LogP contribution in [0.15, 0.2) is 0 Å². The maximum atomic E-state index is 2.22. The molecule has 2 heteroatoms. The zero-order valence-corrected chi connectivity index (χ0v) is 10.3. The normalized spacial score (nSPS) is 8.00. The van der Waals surface area contributed by atoms with Crippen molar-refractivity contribution in [3.63, 3.8) is 0 Å². The summed E-state index contributed by atoms with van der Waals surface area (Å²) in [5, 5.41) is 0. The number of hydrogen-bond donors (Lipinski definition) is 0. The van der Waals surface area contributed by atoms with Crippen molar-refractivity contribution in [1.29, 1.82) is 0 Å². The van der Waals surface area contributed by atoms with Crippen LogP contribution in [0.4, 0.5) is 0 Å². The molecule has 0 N–H and O–H groups in total. The van der Waals surface area contributed by atoms with E-state index in [4.69, 9.17) is 0 Å². The van der Waals surface area contributed by atoms with Gasteiger partial charge in [-0.05, 0) is 0 Å². The summed E-state index contributed by atoms with van der Waals surface area (Å²) in [4.78, 5) is 0. The Labute approximate surface area is 92.3 Å². The maximum Gasteiger partial charge on any atom is 2.00 e. The van der Waals surface area contributed by atoms with Crippen molar-refractivity contribution in [1.82, 2.24) is 0 Å². The Bertz CT molecular complexity index is 30.4. The molecule has 0 aromatic heterocycles. The SMILES string of the molecule is CC[C-](CC)CC.[I-].[Mg+2]. The molecule has 0 spiro atoms. The van der Waals surface area contributed by atoms with Crippen molar-refractivity contribution in [2.24, 2.45) is 0 Å². The Kier molecular flexibility index (Phi) is 22.8. The second-order valence-electron chi connectivity index (χ2n) is 1.81. The summed E-state index contributed by atoms with van der Waals surface area (Å²) >= 11 is 0. The zero-order chi connectivity index (χ0) is 5.70. The molecule has 9 heavy (non-hydrogen) atoms. The first-order valence-corrected chi connectivity index (χ1v) is 3.18. The monoisotopic (exact) mass is 250 g/mol. The zero-order valence-electron chi connectivity index (χ0n) is 6.71. The summed E-state index contributed by atoms with van der Waals surface area (Å²) in [6.45, 7) is 6.67. The number of halogens is 1. The van der Waals surface area contributed by atoms with Crippen LogP contribution in [0.1, 0.15) is 40.0 Å². The van der Waals surface area contributed by atoms with Crippen molar-refractivity contribution < 1.29 is 24.0 Å². The number of hydrogen-bond acceptors (Lipinski definition) is 0. The van der Waals surface area contributed by atoms with Crippen molar-refractivity contribution >= 4 is 23.1 Å². The van der Waals surface area contributed by atoms with E-state index in [0.717, 1.165) is 0 Å². The van der Waals surface area contributed by atoms with E-state index < -0.39 is 0 Å². The Hall–Kier alpha value is 1.50.